The molecule has 0 aliphatic carbocycles. The van der Waals surface area contributed by atoms with Crippen LogP contribution in [0.25, 0.3) is 0 Å². The number of aryl methyl sites for hydroxylation is 1. The van der Waals surface area contributed by atoms with Gasteiger partial charge in [-0.25, -0.2) is 9.69 Å². The zero-order chi connectivity index (χ0) is 13.1. The Morgan fingerprint density at radius 1 is 1.50 bits per heavy atom. The maximum Gasteiger partial charge on any atom is 0.327 e. The molecule has 1 fully saturated rings. The van der Waals surface area contributed by atoms with Crippen molar-refractivity contribution in [2.24, 2.45) is 0 Å². The third-order valence-electron chi connectivity index (χ3n) is 3.92. The van der Waals surface area contributed by atoms with Crippen LogP contribution in [-0.4, -0.2) is 45.6 Å². The minimum Gasteiger partial charge on any atom is -0.371 e. The number of amides is 2. The second-order valence-corrected chi connectivity index (χ2v) is 5.76. The van der Waals surface area contributed by atoms with Crippen LogP contribution in [0.3, 0.4) is 0 Å². The molecule has 1 aromatic rings. The quantitative estimate of drug-likeness (QED) is 0.800. The van der Waals surface area contributed by atoms with Crippen LogP contribution in [0.15, 0.2) is 6.07 Å². The van der Waals surface area contributed by atoms with E-state index in [-0.39, 0.29) is 11.4 Å². The second-order valence-electron chi connectivity index (χ2n) is 5.76. The predicted molar refractivity (Wildman–Crippen MR) is 66.4 cm³/mol. The first-order valence-electron chi connectivity index (χ1n) is 6.21. The molecule has 18 heavy (non-hydrogen) atoms. The molecule has 0 saturated carbocycles. The first-order valence-corrected chi connectivity index (χ1v) is 6.21. The molecule has 98 valence electrons. The molecular weight excluding hydrogens is 232 g/mol. The number of nitrogens with zero attached hydrogens (tertiary/aromatic N) is 4. The highest BCUT2D eigenvalue weighted by Crippen LogP contribution is 2.36. The summed E-state index contributed by atoms with van der Waals surface area (Å²) in [5.74, 6) is 0.555. The van der Waals surface area contributed by atoms with Crippen LogP contribution < -0.4 is 4.90 Å². The fourth-order valence-corrected chi connectivity index (χ4v) is 2.72. The van der Waals surface area contributed by atoms with E-state index >= 15 is 0 Å². The van der Waals surface area contributed by atoms with Crippen LogP contribution >= 0.6 is 0 Å². The number of aliphatic hydroxyl groups excluding tert-OH is 1. The summed E-state index contributed by atoms with van der Waals surface area (Å²) in [6, 6.07) is 1.73. The number of carbonyl (C=O) groups is 1. The zero-order valence-corrected chi connectivity index (χ0v) is 10.9. The van der Waals surface area contributed by atoms with Gasteiger partial charge in [-0.15, -0.1) is 0 Å². The Balaban J connectivity index is 1.98. The van der Waals surface area contributed by atoms with Crippen molar-refractivity contribution in [2.45, 2.75) is 38.5 Å². The summed E-state index contributed by atoms with van der Waals surface area (Å²) in [4.78, 5) is 14.8. The molecule has 1 saturated heterocycles. The number of hydrogen-bond donors (Lipinski definition) is 1. The molecule has 0 radical (unpaired) electrons. The van der Waals surface area contributed by atoms with Crippen molar-refractivity contribution in [3.8, 4) is 0 Å². The summed E-state index contributed by atoms with van der Waals surface area (Å²) < 4.78 is 1.94. The SMILES string of the molecule is CN1CC(O)N(c2cc3n(n2)CCC3(C)C)C1=O. The first kappa shape index (κ1) is 11.5. The van der Waals surface area contributed by atoms with E-state index in [0.29, 0.717) is 12.4 Å². The third kappa shape index (κ3) is 1.45. The maximum atomic E-state index is 11.9. The molecule has 1 atom stereocenters. The van der Waals surface area contributed by atoms with Gasteiger partial charge in [0.15, 0.2) is 12.0 Å². The van der Waals surface area contributed by atoms with Crippen molar-refractivity contribution in [2.75, 3.05) is 18.5 Å². The van der Waals surface area contributed by atoms with Gasteiger partial charge < -0.3 is 10.0 Å². The average molecular weight is 250 g/mol. The number of likely N-dealkylation sites (N-methyl/N-ethyl adjacent to an activating group) is 1. The fraction of sp³-hybridized carbons (Fsp3) is 0.667. The van der Waals surface area contributed by atoms with Gasteiger partial charge in [-0.3, -0.25) is 4.68 Å². The van der Waals surface area contributed by atoms with Gasteiger partial charge in [0.25, 0.3) is 0 Å². The van der Waals surface area contributed by atoms with Gasteiger partial charge in [-0.1, -0.05) is 13.8 Å². The second kappa shape index (κ2) is 3.47. The Morgan fingerprint density at radius 2 is 2.22 bits per heavy atom. The van der Waals surface area contributed by atoms with Crippen LogP contribution in [0, 0.1) is 0 Å². The molecular formula is C12H18N4O2. The van der Waals surface area contributed by atoms with Gasteiger partial charge in [0.2, 0.25) is 0 Å². The molecule has 1 aromatic heterocycles. The van der Waals surface area contributed by atoms with E-state index in [2.05, 4.69) is 18.9 Å². The summed E-state index contributed by atoms with van der Waals surface area (Å²) in [5, 5.41) is 14.4. The smallest absolute Gasteiger partial charge is 0.327 e. The minimum atomic E-state index is -0.804. The monoisotopic (exact) mass is 250 g/mol. The van der Waals surface area contributed by atoms with Crippen molar-refractivity contribution in [3.63, 3.8) is 0 Å². The normalized spacial score (nSPS) is 26.0. The molecule has 2 aliphatic rings. The lowest BCUT2D eigenvalue weighted by atomic mass is 9.88. The third-order valence-corrected chi connectivity index (χ3v) is 3.92. The largest absolute Gasteiger partial charge is 0.371 e. The Morgan fingerprint density at radius 3 is 2.78 bits per heavy atom. The standard InChI is InChI=1S/C12H18N4O2/c1-12(2)4-5-15-8(12)6-9(13-15)16-10(17)7-14(3)11(16)18/h6,10,17H,4-5,7H2,1-3H3. The Labute approximate surface area is 106 Å². The van der Waals surface area contributed by atoms with Gasteiger partial charge in [0.1, 0.15) is 0 Å². The average Bonchev–Trinajstić information content (AvgIpc) is 2.87. The van der Waals surface area contributed by atoms with Gasteiger partial charge in [-0.05, 0) is 6.42 Å². The van der Waals surface area contributed by atoms with Crippen molar-refractivity contribution >= 4 is 11.8 Å². The molecule has 6 heteroatoms. The topological polar surface area (TPSA) is 61.6 Å². The van der Waals surface area contributed by atoms with E-state index in [1.54, 1.807) is 7.05 Å². The lowest BCUT2D eigenvalue weighted by molar-refractivity contribution is 0.183. The van der Waals surface area contributed by atoms with E-state index in [4.69, 9.17) is 0 Å². The van der Waals surface area contributed by atoms with E-state index in [0.717, 1.165) is 18.7 Å². The highest BCUT2D eigenvalue weighted by molar-refractivity contribution is 5.93. The molecule has 0 aromatic carbocycles. The maximum absolute atomic E-state index is 11.9. The fourth-order valence-electron chi connectivity index (χ4n) is 2.72. The van der Waals surface area contributed by atoms with Crippen molar-refractivity contribution < 1.29 is 9.90 Å². The highest BCUT2D eigenvalue weighted by atomic mass is 16.3. The number of anilines is 1. The first-order chi connectivity index (χ1) is 8.40. The molecule has 2 aliphatic heterocycles. The number of aliphatic hydroxyl groups is 1. The van der Waals surface area contributed by atoms with Crippen LogP contribution in [0.1, 0.15) is 26.0 Å². The highest BCUT2D eigenvalue weighted by Gasteiger charge is 2.39. The Bertz CT molecular complexity index is 508. The summed E-state index contributed by atoms with van der Waals surface area (Å²) in [7, 11) is 1.68. The number of hydrogen-bond acceptors (Lipinski definition) is 3. The number of β-amino-alcohol motifs (C(OH)–C–C–N with tert-alkyl or cyclic N) is 1. The molecule has 0 bridgehead atoms. The molecule has 1 N–H and O–H groups in total. The van der Waals surface area contributed by atoms with E-state index < -0.39 is 6.23 Å². The van der Waals surface area contributed by atoms with Crippen molar-refractivity contribution in [3.05, 3.63) is 11.8 Å². The van der Waals surface area contributed by atoms with Crippen LogP contribution in [0.5, 0.6) is 0 Å². The number of aromatic nitrogens is 2. The van der Waals surface area contributed by atoms with E-state index in [1.807, 2.05) is 10.7 Å². The number of urea groups is 1. The van der Waals surface area contributed by atoms with Crippen LogP contribution in [0.4, 0.5) is 10.6 Å². The predicted octanol–water partition coefficient (Wildman–Crippen LogP) is 0.755. The van der Waals surface area contributed by atoms with Gasteiger partial charge in [0, 0.05) is 30.8 Å². The van der Waals surface area contributed by atoms with Gasteiger partial charge in [0.05, 0.1) is 6.54 Å². The lowest BCUT2D eigenvalue weighted by Crippen LogP contribution is -2.34. The molecule has 0 spiro atoms. The zero-order valence-electron chi connectivity index (χ0n) is 10.9. The van der Waals surface area contributed by atoms with Crippen molar-refractivity contribution in [1.82, 2.24) is 14.7 Å². The summed E-state index contributed by atoms with van der Waals surface area (Å²) in [6.07, 6.45) is 0.257. The molecule has 1 unspecified atom stereocenters. The summed E-state index contributed by atoms with van der Waals surface area (Å²) >= 11 is 0. The Hall–Kier alpha value is -1.56. The minimum absolute atomic E-state index is 0.0882. The number of rotatable bonds is 1. The van der Waals surface area contributed by atoms with Crippen LogP contribution in [-0.2, 0) is 12.0 Å². The number of carbonyl (C=O) groups excluding carboxylic acids is 1. The summed E-state index contributed by atoms with van der Waals surface area (Å²) in [5.41, 5.74) is 1.22. The van der Waals surface area contributed by atoms with E-state index in [9.17, 15) is 9.90 Å². The number of fused-ring (bicyclic) bond motifs is 1. The van der Waals surface area contributed by atoms with Crippen LogP contribution in [0.2, 0.25) is 0 Å². The molecule has 2 amide bonds. The van der Waals surface area contributed by atoms with E-state index in [1.165, 1.54) is 9.80 Å². The Kier molecular flexibility index (Phi) is 2.22. The molecule has 3 heterocycles. The summed E-state index contributed by atoms with van der Waals surface area (Å²) in [6.45, 7) is 5.54. The molecule has 3 rings (SSSR count). The molecule has 6 nitrogen and oxygen atoms in total. The van der Waals surface area contributed by atoms with Gasteiger partial charge >= 0.3 is 6.03 Å². The lowest BCUT2D eigenvalue weighted by Gasteiger charge is -2.17. The van der Waals surface area contributed by atoms with Crippen molar-refractivity contribution in [1.29, 1.82) is 0 Å². The van der Waals surface area contributed by atoms with Gasteiger partial charge in [-0.2, -0.15) is 5.10 Å².